The molecule has 1 saturated heterocycles. The lowest BCUT2D eigenvalue weighted by Gasteiger charge is -2.33. The van der Waals surface area contributed by atoms with E-state index < -0.39 is 0 Å². The molecule has 0 saturated carbocycles. The third-order valence-electron chi connectivity index (χ3n) is 5.06. The summed E-state index contributed by atoms with van der Waals surface area (Å²) in [5, 5.41) is 14.1. The monoisotopic (exact) mass is 377 g/mol. The molecule has 1 aliphatic rings. The molecular formula is C21H23N5O2. The predicted octanol–water partition coefficient (Wildman–Crippen LogP) is 3.11. The van der Waals surface area contributed by atoms with E-state index in [1.165, 1.54) is 5.56 Å². The number of hydrogen-bond donors (Lipinski definition) is 1. The van der Waals surface area contributed by atoms with Gasteiger partial charge in [0.05, 0.1) is 12.2 Å². The molecule has 4 rings (SSSR count). The highest BCUT2D eigenvalue weighted by molar-refractivity contribution is 6.00. The maximum Gasteiger partial charge on any atom is 0.254 e. The summed E-state index contributed by atoms with van der Waals surface area (Å²) in [6.45, 7) is 4.10. The van der Waals surface area contributed by atoms with Gasteiger partial charge in [0.25, 0.3) is 5.91 Å². The lowest BCUT2D eigenvalue weighted by atomic mass is 9.97. The molecule has 1 amide bonds. The predicted molar refractivity (Wildman–Crippen MR) is 105 cm³/mol. The van der Waals surface area contributed by atoms with Crippen molar-refractivity contribution in [2.24, 2.45) is 5.92 Å². The summed E-state index contributed by atoms with van der Waals surface area (Å²) in [6.07, 6.45) is 2.03. The van der Waals surface area contributed by atoms with Crippen LogP contribution in [0.1, 0.15) is 28.8 Å². The number of nitrogens with one attached hydrogen (secondary N) is 1. The van der Waals surface area contributed by atoms with Gasteiger partial charge in [-0.15, -0.1) is 10.2 Å². The summed E-state index contributed by atoms with van der Waals surface area (Å²) >= 11 is 0. The van der Waals surface area contributed by atoms with E-state index in [4.69, 9.17) is 4.74 Å². The number of ether oxygens (including phenoxy) is 1. The van der Waals surface area contributed by atoms with Crippen LogP contribution >= 0.6 is 0 Å². The Morgan fingerprint density at radius 1 is 1.21 bits per heavy atom. The first-order chi connectivity index (χ1) is 13.7. The van der Waals surface area contributed by atoms with Gasteiger partial charge < -0.3 is 9.64 Å². The zero-order valence-corrected chi connectivity index (χ0v) is 15.8. The normalized spacial score (nSPS) is 16.8. The summed E-state index contributed by atoms with van der Waals surface area (Å²) in [7, 11) is 0. The van der Waals surface area contributed by atoms with Gasteiger partial charge in [0.15, 0.2) is 0 Å². The zero-order chi connectivity index (χ0) is 19.3. The van der Waals surface area contributed by atoms with E-state index in [1.54, 1.807) is 0 Å². The maximum atomic E-state index is 13.2. The van der Waals surface area contributed by atoms with Gasteiger partial charge >= 0.3 is 0 Å². The van der Waals surface area contributed by atoms with Crippen molar-refractivity contribution in [2.75, 3.05) is 19.7 Å². The van der Waals surface area contributed by atoms with Crippen molar-refractivity contribution < 1.29 is 9.53 Å². The van der Waals surface area contributed by atoms with E-state index in [0.717, 1.165) is 25.1 Å². The number of piperidine rings is 1. The van der Waals surface area contributed by atoms with Gasteiger partial charge in [0.2, 0.25) is 5.82 Å². The van der Waals surface area contributed by atoms with Crippen LogP contribution in [0.4, 0.5) is 0 Å². The number of rotatable bonds is 5. The molecule has 0 aliphatic carbocycles. The average Bonchev–Trinajstić information content (AvgIpc) is 3.28. The summed E-state index contributed by atoms with van der Waals surface area (Å²) in [5.41, 5.74) is 2.50. The van der Waals surface area contributed by atoms with Gasteiger partial charge in [-0.05, 0) is 43.2 Å². The molecule has 0 radical (unpaired) electrons. The minimum absolute atomic E-state index is 0.000404. The summed E-state index contributed by atoms with van der Waals surface area (Å²) in [5.74, 6) is 1.62. The fourth-order valence-corrected chi connectivity index (χ4v) is 3.54. The Morgan fingerprint density at radius 3 is 2.82 bits per heavy atom. The molecule has 1 fully saturated rings. The van der Waals surface area contributed by atoms with Crippen LogP contribution in [0.5, 0.6) is 5.75 Å². The fourth-order valence-electron chi connectivity index (χ4n) is 3.54. The Bertz CT molecular complexity index is 924. The maximum absolute atomic E-state index is 13.2. The van der Waals surface area contributed by atoms with Crippen molar-refractivity contribution in [1.29, 1.82) is 0 Å². The minimum Gasteiger partial charge on any atom is -0.493 e. The van der Waals surface area contributed by atoms with Crippen LogP contribution in [-0.4, -0.2) is 51.1 Å². The first-order valence-corrected chi connectivity index (χ1v) is 9.52. The number of amides is 1. The zero-order valence-electron chi connectivity index (χ0n) is 15.8. The van der Waals surface area contributed by atoms with Crippen LogP contribution in [0.25, 0.3) is 11.4 Å². The third kappa shape index (κ3) is 4.03. The quantitative estimate of drug-likeness (QED) is 0.739. The number of H-pyrrole nitrogens is 1. The van der Waals surface area contributed by atoms with E-state index in [-0.39, 0.29) is 5.91 Å². The molecule has 1 atom stereocenters. The number of aromatic nitrogens is 4. The second-order valence-corrected chi connectivity index (χ2v) is 7.16. The van der Waals surface area contributed by atoms with Gasteiger partial charge in [0.1, 0.15) is 5.75 Å². The van der Waals surface area contributed by atoms with Crippen molar-refractivity contribution >= 4 is 5.91 Å². The Morgan fingerprint density at radius 2 is 2.04 bits per heavy atom. The smallest absolute Gasteiger partial charge is 0.254 e. The number of carbonyl (C=O) groups is 1. The van der Waals surface area contributed by atoms with E-state index in [1.807, 2.05) is 53.4 Å². The largest absolute Gasteiger partial charge is 0.493 e. The molecule has 3 aromatic rings. The molecule has 7 nitrogen and oxygen atoms in total. The Labute approximate surface area is 163 Å². The topological polar surface area (TPSA) is 84.0 Å². The average molecular weight is 377 g/mol. The fraction of sp³-hybridized carbons (Fsp3) is 0.333. The lowest BCUT2D eigenvalue weighted by molar-refractivity contribution is 0.0634. The first-order valence-electron chi connectivity index (χ1n) is 9.52. The Balaban J connectivity index is 1.43. The number of nitrogens with zero attached hydrogens (tertiary/aromatic N) is 4. The number of aryl methyl sites for hydroxylation is 1. The molecule has 0 bridgehead atoms. The van der Waals surface area contributed by atoms with Crippen LogP contribution in [-0.2, 0) is 0 Å². The van der Waals surface area contributed by atoms with Gasteiger partial charge in [-0.2, -0.15) is 5.21 Å². The SMILES string of the molecule is Cc1ccc(OCC2CCCN(C(=O)c3ccccc3-c3nn[nH]n3)C2)cc1. The molecule has 2 heterocycles. The van der Waals surface area contributed by atoms with Gasteiger partial charge in [-0.1, -0.05) is 35.9 Å². The van der Waals surface area contributed by atoms with E-state index in [0.29, 0.717) is 36.0 Å². The van der Waals surface area contributed by atoms with Crippen LogP contribution in [0, 0.1) is 12.8 Å². The van der Waals surface area contributed by atoms with Crippen molar-refractivity contribution in [3.05, 3.63) is 59.7 Å². The van der Waals surface area contributed by atoms with Crippen molar-refractivity contribution in [3.63, 3.8) is 0 Å². The summed E-state index contributed by atoms with van der Waals surface area (Å²) in [4.78, 5) is 15.1. The van der Waals surface area contributed by atoms with Crippen LogP contribution in [0.15, 0.2) is 48.5 Å². The second-order valence-electron chi connectivity index (χ2n) is 7.16. The Kier molecular flexibility index (Phi) is 5.32. The van der Waals surface area contributed by atoms with Crippen LogP contribution in [0.2, 0.25) is 0 Å². The highest BCUT2D eigenvalue weighted by Crippen LogP contribution is 2.24. The minimum atomic E-state index is 0.000404. The second kappa shape index (κ2) is 8.21. The molecule has 28 heavy (non-hydrogen) atoms. The van der Waals surface area contributed by atoms with E-state index >= 15 is 0 Å². The molecule has 2 aromatic carbocycles. The van der Waals surface area contributed by atoms with E-state index in [2.05, 4.69) is 27.5 Å². The number of carbonyl (C=O) groups excluding carboxylic acids is 1. The Hall–Kier alpha value is -3.22. The van der Waals surface area contributed by atoms with Crippen molar-refractivity contribution in [1.82, 2.24) is 25.5 Å². The highest BCUT2D eigenvalue weighted by Gasteiger charge is 2.27. The van der Waals surface area contributed by atoms with Gasteiger partial charge in [-0.3, -0.25) is 4.79 Å². The lowest BCUT2D eigenvalue weighted by Crippen LogP contribution is -2.41. The van der Waals surface area contributed by atoms with E-state index in [9.17, 15) is 4.79 Å². The molecule has 144 valence electrons. The third-order valence-corrected chi connectivity index (χ3v) is 5.06. The molecule has 1 aromatic heterocycles. The number of tetrazole rings is 1. The summed E-state index contributed by atoms with van der Waals surface area (Å²) in [6, 6.07) is 15.5. The molecular weight excluding hydrogens is 354 g/mol. The standard InChI is InChI=1S/C21H23N5O2/c1-15-8-10-17(11-9-15)28-14-16-5-4-12-26(13-16)21(27)19-7-3-2-6-18(19)20-22-24-25-23-20/h2-3,6-11,16H,4-5,12-14H2,1H3,(H,22,23,24,25). The van der Waals surface area contributed by atoms with Gasteiger partial charge in [0, 0.05) is 24.6 Å². The number of likely N-dealkylation sites (tertiary alicyclic amines) is 1. The molecule has 1 N–H and O–H groups in total. The van der Waals surface area contributed by atoms with Gasteiger partial charge in [-0.25, -0.2) is 0 Å². The number of hydrogen-bond acceptors (Lipinski definition) is 5. The van der Waals surface area contributed by atoms with Crippen molar-refractivity contribution in [3.8, 4) is 17.1 Å². The molecule has 7 heteroatoms. The summed E-state index contributed by atoms with van der Waals surface area (Å²) < 4.78 is 5.95. The number of aromatic amines is 1. The highest BCUT2D eigenvalue weighted by atomic mass is 16.5. The molecule has 1 aliphatic heterocycles. The number of benzene rings is 2. The first kappa shape index (κ1) is 18.2. The molecule has 0 spiro atoms. The molecule has 1 unspecified atom stereocenters. The van der Waals surface area contributed by atoms with Crippen LogP contribution < -0.4 is 4.74 Å². The van der Waals surface area contributed by atoms with Crippen LogP contribution in [0.3, 0.4) is 0 Å². The van der Waals surface area contributed by atoms with Crippen molar-refractivity contribution in [2.45, 2.75) is 19.8 Å².